The number of hydrogen-bond donors (Lipinski definition) is 4. The Morgan fingerprint density at radius 1 is 0.979 bits per heavy atom. The third-order valence-electron chi connectivity index (χ3n) is 9.27. The molecule has 3 saturated heterocycles. The number of rotatable bonds is 9. The fraction of sp³-hybridized carbons (Fsp3) is 0.394. The van der Waals surface area contributed by atoms with E-state index in [9.17, 15) is 24.3 Å². The van der Waals surface area contributed by atoms with Crippen LogP contribution in [0.4, 0.5) is 10.1 Å². The van der Waals surface area contributed by atoms with Gasteiger partial charge in [0.05, 0.1) is 29.8 Å². The van der Waals surface area contributed by atoms with Gasteiger partial charge in [0.15, 0.2) is 5.82 Å². The number of hydrogen-bond acceptors (Lipinski definition) is 9. The third-order valence-corrected chi connectivity index (χ3v) is 10.1. The van der Waals surface area contributed by atoms with E-state index in [1.165, 1.54) is 20.5 Å². The maximum absolute atomic E-state index is 15.4. The summed E-state index contributed by atoms with van der Waals surface area (Å²) in [5.74, 6) is -0.919. The lowest BCUT2D eigenvalue weighted by atomic mass is 9.89. The molecule has 0 saturated carbocycles. The lowest BCUT2D eigenvalue weighted by Gasteiger charge is -2.32. The highest BCUT2D eigenvalue weighted by atomic mass is 32.2. The molecule has 1 unspecified atom stereocenters. The van der Waals surface area contributed by atoms with Crippen molar-refractivity contribution < 1.29 is 28.6 Å². The van der Waals surface area contributed by atoms with E-state index >= 15 is 4.39 Å². The van der Waals surface area contributed by atoms with Crippen molar-refractivity contribution in [3.8, 4) is 11.5 Å². The molecular weight excluding hydrogens is 627 g/mol. The Bertz CT molecular complexity index is 1940. The number of carbonyl (C=O) groups is 3. The molecule has 47 heavy (non-hydrogen) atoms. The van der Waals surface area contributed by atoms with Crippen molar-refractivity contribution in [1.82, 2.24) is 24.5 Å². The second kappa shape index (κ2) is 12.9. The number of amides is 3. The Kier molecular flexibility index (Phi) is 8.53. The summed E-state index contributed by atoms with van der Waals surface area (Å²) in [6, 6.07) is 11.9. The number of H-pyrrole nitrogens is 1. The average molecular weight is 663 g/mol. The van der Waals surface area contributed by atoms with Crippen LogP contribution in [0, 0.1) is 5.82 Å². The molecule has 246 valence electrons. The van der Waals surface area contributed by atoms with E-state index in [2.05, 4.69) is 19.9 Å². The number of anilines is 1. The number of likely N-dealkylation sites (tertiary alicyclic amines) is 1. The first-order chi connectivity index (χ1) is 22.7. The molecule has 4 N–H and O–H groups in total. The molecule has 0 spiro atoms. The molecule has 3 aromatic carbocycles. The molecule has 4 aromatic rings. The minimum atomic E-state index is -0.696. The largest absolute Gasteiger partial charge is 0.506 e. The number of ether oxygens (including phenoxy) is 1. The Hall–Kier alpha value is -4.56. The summed E-state index contributed by atoms with van der Waals surface area (Å²) in [6.45, 7) is 3.33. The second-order valence-corrected chi connectivity index (χ2v) is 13.1. The van der Waals surface area contributed by atoms with Gasteiger partial charge in [0.25, 0.3) is 5.91 Å². The Labute approximate surface area is 273 Å². The van der Waals surface area contributed by atoms with Crippen LogP contribution in [0.15, 0.2) is 47.3 Å². The number of imide groups is 1. The second-order valence-electron chi connectivity index (χ2n) is 12.3. The maximum Gasteiger partial charge on any atom is 0.327 e. The highest BCUT2D eigenvalue weighted by molar-refractivity contribution is 7.99. The lowest BCUT2D eigenvalue weighted by Crippen LogP contribution is -2.43. The van der Waals surface area contributed by atoms with Crippen LogP contribution in [0.25, 0.3) is 21.8 Å². The number of aromatic nitrogens is 2. The molecule has 12 nitrogen and oxygen atoms in total. The van der Waals surface area contributed by atoms with E-state index < -0.39 is 17.8 Å². The highest BCUT2D eigenvalue weighted by Gasteiger charge is 2.31. The van der Waals surface area contributed by atoms with Gasteiger partial charge in [-0.25, -0.2) is 9.18 Å². The number of fused-ring (bicyclic) bond motifs is 2. The topological polar surface area (TPSA) is 149 Å². The molecular formula is C33H35FN6O6S. The van der Waals surface area contributed by atoms with Crippen molar-refractivity contribution in [2.45, 2.75) is 50.5 Å². The molecule has 3 amide bonds. The number of halogens is 1. The van der Waals surface area contributed by atoms with Crippen molar-refractivity contribution in [2.75, 3.05) is 37.1 Å². The van der Waals surface area contributed by atoms with E-state index in [0.717, 1.165) is 57.5 Å². The van der Waals surface area contributed by atoms with Crippen LogP contribution in [0.5, 0.6) is 11.5 Å². The number of piperidine rings is 2. The van der Waals surface area contributed by atoms with Crippen LogP contribution in [-0.4, -0.2) is 70.1 Å². The van der Waals surface area contributed by atoms with Crippen molar-refractivity contribution in [1.29, 1.82) is 0 Å². The average Bonchev–Trinajstić information content (AvgIpc) is 3.63. The number of aromatic amines is 1. The predicted octanol–water partition coefficient (Wildman–Crippen LogP) is 3.84. The number of imidazole rings is 1. The minimum Gasteiger partial charge on any atom is -0.506 e. The quantitative estimate of drug-likeness (QED) is 0.119. The molecule has 1 aromatic heterocycles. The Morgan fingerprint density at radius 3 is 2.57 bits per heavy atom. The lowest BCUT2D eigenvalue weighted by molar-refractivity contribution is -0.135. The number of phenols is 1. The smallest absolute Gasteiger partial charge is 0.327 e. The van der Waals surface area contributed by atoms with Crippen LogP contribution < -0.4 is 24.8 Å². The molecule has 7 rings (SSSR count). The number of unbranched alkanes of at least 4 members (excludes halogenated alkanes) is 1. The van der Waals surface area contributed by atoms with Gasteiger partial charge in [-0.05, 0) is 98.9 Å². The molecule has 0 bridgehead atoms. The number of phenolic OH excluding ortho intramolecular Hbond substituents is 1. The van der Waals surface area contributed by atoms with Crippen molar-refractivity contribution in [2.24, 2.45) is 0 Å². The maximum atomic E-state index is 15.4. The highest BCUT2D eigenvalue weighted by Crippen LogP contribution is 2.40. The SMILES string of the molecule is O=C1CN(c2c(O)cc3ccc(OCCCCN4CCC(c5ccc6c(c5)[nH]c(=O)n6C5CCC(=O)NC5=O)CC4)cc3c2F)SN1. The van der Waals surface area contributed by atoms with E-state index in [0.29, 0.717) is 46.5 Å². The van der Waals surface area contributed by atoms with Gasteiger partial charge >= 0.3 is 5.69 Å². The van der Waals surface area contributed by atoms with Gasteiger partial charge in [0, 0.05) is 11.8 Å². The Balaban J connectivity index is 0.892. The van der Waals surface area contributed by atoms with Crippen LogP contribution >= 0.6 is 12.1 Å². The summed E-state index contributed by atoms with van der Waals surface area (Å²) in [5, 5.41) is 13.6. The predicted molar refractivity (Wildman–Crippen MR) is 176 cm³/mol. The summed E-state index contributed by atoms with van der Waals surface area (Å²) in [5.41, 5.74) is 2.16. The Morgan fingerprint density at radius 2 is 1.81 bits per heavy atom. The van der Waals surface area contributed by atoms with E-state index in [4.69, 9.17) is 4.74 Å². The first-order valence-corrected chi connectivity index (χ1v) is 16.6. The zero-order valence-electron chi connectivity index (χ0n) is 25.6. The zero-order valence-corrected chi connectivity index (χ0v) is 26.4. The molecule has 14 heteroatoms. The van der Waals surface area contributed by atoms with Crippen LogP contribution in [0.1, 0.15) is 56.0 Å². The summed E-state index contributed by atoms with van der Waals surface area (Å²) in [4.78, 5) is 53.7. The normalized spacial score (nSPS) is 19.5. The molecule has 0 aliphatic carbocycles. The molecule has 3 aliphatic rings. The first kappa shape index (κ1) is 31.1. The molecule has 0 radical (unpaired) electrons. The molecule has 4 heterocycles. The fourth-order valence-corrected chi connectivity index (χ4v) is 7.54. The number of carbonyl (C=O) groups excluding carboxylic acids is 3. The molecule has 1 atom stereocenters. The fourth-order valence-electron chi connectivity index (χ4n) is 6.82. The zero-order chi connectivity index (χ0) is 32.7. The number of nitrogens with zero attached hydrogens (tertiary/aromatic N) is 3. The van der Waals surface area contributed by atoms with Gasteiger partial charge in [-0.15, -0.1) is 0 Å². The summed E-state index contributed by atoms with van der Waals surface area (Å²) >= 11 is 0.948. The number of nitrogens with one attached hydrogen (secondary N) is 3. The summed E-state index contributed by atoms with van der Waals surface area (Å²) in [7, 11) is 0. The van der Waals surface area contributed by atoms with Crippen molar-refractivity contribution in [3.63, 3.8) is 0 Å². The van der Waals surface area contributed by atoms with E-state index in [-0.39, 0.29) is 41.9 Å². The van der Waals surface area contributed by atoms with Gasteiger partial charge in [0.1, 0.15) is 29.8 Å². The van der Waals surface area contributed by atoms with Gasteiger partial charge < -0.3 is 19.7 Å². The number of aromatic hydroxyl groups is 1. The van der Waals surface area contributed by atoms with E-state index in [1.807, 2.05) is 18.2 Å². The van der Waals surface area contributed by atoms with Crippen LogP contribution in [0.3, 0.4) is 0 Å². The first-order valence-electron chi connectivity index (χ1n) is 15.9. The van der Waals surface area contributed by atoms with Gasteiger partial charge in [-0.2, -0.15) is 0 Å². The van der Waals surface area contributed by atoms with Gasteiger partial charge in [-0.3, -0.25) is 33.3 Å². The number of benzene rings is 3. The monoisotopic (exact) mass is 662 g/mol. The summed E-state index contributed by atoms with van der Waals surface area (Å²) < 4.78 is 26.7. The van der Waals surface area contributed by atoms with Gasteiger partial charge in [0.2, 0.25) is 11.8 Å². The van der Waals surface area contributed by atoms with Crippen LogP contribution in [0.2, 0.25) is 0 Å². The van der Waals surface area contributed by atoms with E-state index in [1.54, 1.807) is 18.2 Å². The minimum absolute atomic E-state index is 0.0267. The van der Waals surface area contributed by atoms with Crippen LogP contribution in [-0.2, 0) is 14.4 Å². The van der Waals surface area contributed by atoms with Crippen molar-refractivity contribution in [3.05, 3.63) is 64.3 Å². The standard InChI is InChI=1S/C33H35FN6O6S/c34-30-23-17-22(5-3-21(23)16-27(41)31(30)39-18-29(43)37-47-39)46-14-2-1-11-38-12-9-19(10-13-38)20-4-6-25-24(15-20)35-33(45)40(25)26-7-8-28(42)36-32(26)44/h3-6,15-17,19,26,41H,1-2,7-14,18H2,(H,35,45)(H,37,43)(H,36,42,44). The van der Waals surface area contributed by atoms with Crippen molar-refractivity contribution >= 4 is 57.3 Å². The summed E-state index contributed by atoms with van der Waals surface area (Å²) in [6.07, 6.45) is 4.32. The molecule has 3 fully saturated rings. The molecule has 3 aliphatic heterocycles. The van der Waals surface area contributed by atoms with Gasteiger partial charge in [-0.1, -0.05) is 12.1 Å². The third kappa shape index (κ3) is 6.26.